The molecule has 5 nitrogen and oxygen atoms in total. The summed E-state index contributed by atoms with van der Waals surface area (Å²) in [6.07, 6.45) is 4.16. The molecule has 0 saturated heterocycles. The first-order chi connectivity index (χ1) is 11.4. The van der Waals surface area contributed by atoms with E-state index >= 15 is 0 Å². The summed E-state index contributed by atoms with van der Waals surface area (Å²) >= 11 is 1.73. The van der Waals surface area contributed by atoms with E-state index in [2.05, 4.69) is 43.1 Å². The molecule has 6 heteroatoms. The van der Waals surface area contributed by atoms with Crippen LogP contribution >= 0.6 is 11.3 Å². The van der Waals surface area contributed by atoms with Crippen LogP contribution in [0.5, 0.6) is 0 Å². The minimum absolute atomic E-state index is 0.513. The topological polar surface area (TPSA) is 62.7 Å². The molecular weight excluding hydrogens is 306 g/mol. The molecule has 0 aliphatic heterocycles. The van der Waals surface area contributed by atoms with Gasteiger partial charge in [-0.2, -0.15) is 4.98 Å². The molecule has 0 radical (unpaired) electrons. The molecule has 3 aromatic heterocycles. The fourth-order valence-corrected chi connectivity index (χ4v) is 2.89. The highest BCUT2D eigenvalue weighted by molar-refractivity contribution is 7.09. The molecule has 0 atom stereocenters. The molecule has 0 aromatic carbocycles. The van der Waals surface area contributed by atoms with Crippen molar-refractivity contribution < 1.29 is 0 Å². The summed E-state index contributed by atoms with van der Waals surface area (Å²) in [6.45, 7) is 0.763. The van der Waals surface area contributed by atoms with E-state index < -0.39 is 0 Å². The zero-order chi connectivity index (χ0) is 15.5. The number of hydrogen-bond donors (Lipinski definition) is 2. The quantitative estimate of drug-likeness (QED) is 0.723. The number of nitrogens with zero attached hydrogens (tertiary/aromatic N) is 3. The summed E-state index contributed by atoms with van der Waals surface area (Å²) in [5.74, 6) is 1.49. The largest absolute Gasteiger partial charge is 0.365 e. The Hall–Kier alpha value is -2.47. The second kappa shape index (κ2) is 6.34. The van der Waals surface area contributed by atoms with E-state index in [1.807, 2.05) is 24.3 Å². The molecule has 3 aromatic rings. The first kappa shape index (κ1) is 14.1. The monoisotopic (exact) mass is 323 g/mol. The average molecular weight is 323 g/mol. The maximum Gasteiger partial charge on any atom is 0.225 e. The van der Waals surface area contributed by atoms with Crippen molar-refractivity contribution in [3.8, 4) is 11.4 Å². The predicted molar refractivity (Wildman–Crippen MR) is 93.6 cm³/mol. The van der Waals surface area contributed by atoms with Gasteiger partial charge >= 0.3 is 0 Å². The Morgan fingerprint density at radius 1 is 1.09 bits per heavy atom. The van der Waals surface area contributed by atoms with Crippen molar-refractivity contribution in [1.82, 2.24) is 15.0 Å². The fourth-order valence-electron chi connectivity index (χ4n) is 2.25. The minimum Gasteiger partial charge on any atom is -0.365 e. The van der Waals surface area contributed by atoms with E-state index in [4.69, 9.17) is 0 Å². The number of rotatable bonds is 6. The third-order valence-corrected chi connectivity index (χ3v) is 4.46. The Kier molecular flexibility index (Phi) is 3.90. The molecule has 3 heterocycles. The van der Waals surface area contributed by atoms with Gasteiger partial charge in [0.2, 0.25) is 5.95 Å². The predicted octanol–water partition coefficient (Wildman–Crippen LogP) is 3.79. The van der Waals surface area contributed by atoms with Gasteiger partial charge in [-0.05, 0) is 36.4 Å². The highest BCUT2D eigenvalue weighted by atomic mass is 32.1. The van der Waals surface area contributed by atoms with Gasteiger partial charge in [0.1, 0.15) is 5.82 Å². The first-order valence-electron chi connectivity index (χ1n) is 7.70. The van der Waals surface area contributed by atoms with Gasteiger partial charge in [-0.15, -0.1) is 11.3 Å². The van der Waals surface area contributed by atoms with E-state index in [-0.39, 0.29) is 0 Å². The molecule has 116 valence electrons. The van der Waals surface area contributed by atoms with Gasteiger partial charge in [0.15, 0.2) is 0 Å². The lowest BCUT2D eigenvalue weighted by molar-refractivity contribution is 1.04. The zero-order valence-electron chi connectivity index (χ0n) is 12.6. The summed E-state index contributed by atoms with van der Waals surface area (Å²) in [5, 5.41) is 8.83. The molecule has 0 amide bonds. The molecule has 1 aliphatic rings. The molecule has 0 spiro atoms. The van der Waals surface area contributed by atoms with Crippen LogP contribution < -0.4 is 10.6 Å². The summed E-state index contributed by atoms with van der Waals surface area (Å²) < 4.78 is 0. The van der Waals surface area contributed by atoms with E-state index in [0.717, 1.165) is 23.8 Å². The zero-order valence-corrected chi connectivity index (χ0v) is 13.4. The first-order valence-corrected chi connectivity index (χ1v) is 8.58. The van der Waals surface area contributed by atoms with Crippen molar-refractivity contribution >= 4 is 23.1 Å². The smallest absolute Gasteiger partial charge is 0.225 e. The number of anilines is 2. The Morgan fingerprint density at radius 2 is 2.04 bits per heavy atom. The van der Waals surface area contributed by atoms with Crippen molar-refractivity contribution in [1.29, 1.82) is 0 Å². The number of nitrogens with one attached hydrogen (secondary N) is 2. The minimum atomic E-state index is 0.513. The van der Waals surface area contributed by atoms with E-state index in [9.17, 15) is 0 Å². The maximum absolute atomic E-state index is 4.61. The van der Waals surface area contributed by atoms with Crippen LogP contribution in [-0.4, -0.2) is 21.0 Å². The van der Waals surface area contributed by atoms with Gasteiger partial charge in [0.05, 0.1) is 17.9 Å². The highest BCUT2D eigenvalue weighted by Crippen LogP contribution is 2.26. The van der Waals surface area contributed by atoms with Crippen molar-refractivity contribution in [2.75, 3.05) is 10.6 Å². The van der Waals surface area contributed by atoms with Crippen LogP contribution in [0.15, 0.2) is 48.0 Å². The fraction of sp³-hybridized carbons (Fsp3) is 0.235. The van der Waals surface area contributed by atoms with Crippen molar-refractivity contribution in [2.24, 2.45) is 0 Å². The third kappa shape index (κ3) is 3.65. The lowest BCUT2D eigenvalue weighted by Gasteiger charge is -2.10. The summed E-state index contributed by atoms with van der Waals surface area (Å²) in [6, 6.07) is 12.5. The van der Waals surface area contributed by atoms with Crippen molar-refractivity contribution in [3.05, 3.63) is 52.9 Å². The van der Waals surface area contributed by atoms with E-state index in [1.54, 1.807) is 17.5 Å². The Morgan fingerprint density at radius 3 is 2.78 bits per heavy atom. The summed E-state index contributed by atoms with van der Waals surface area (Å²) in [7, 11) is 0. The lowest BCUT2D eigenvalue weighted by atomic mass is 10.2. The van der Waals surface area contributed by atoms with Crippen molar-refractivity contribution in [2.45, 2.75) is 25.4 Å². The molecule has 4 rings (SSSR count). The number of thiophene rings is 1. The van der Waals surface area contributed by atoms with Crippen LogP contribution in [0.2, 0.25) is 0 Å². The molecular formula is C17H17N5S. The van der Waals surface area contributed by atoms with Gasteiger partial charge in [-0.1, -0.05) is 12.1 Å². The number of aromatic nitrogens is 3. The Labute approximate surface area is 138 Å². The second-order valence-corrected chi connectivity index (χ2v) is 6.56. The third-order valence-electron chi connectivity index (χ3n) is 3.59. The van der Waals surface area contributed by atoms with Gasteiger partial charge in [-0.3, -0.25) is 4.98 Å². The normalized spacial score (nSPS) is 13.7. The van der Waals surface area contributed by atoms with Gasteiger partial charge < -0.3 is 10.6 Å². The molecule has 23 heavy (non-hydrogen) atoms. The number of hydrogen-bond acceptors (Lipinski definition) is 6. The molecule has 1 saturated carbocycles. The van der Waals surface area contributed by atoms with Crippen LogP contribution in [0.3, 0.4) is 0 Å². The maximum atomic E-state index is 4.61. The van der Waals surface area contributed by atoms with E-state index in [1.165, 1.54) is 17.7 Å². The van der Waals surface area contributed by atoms with Gasteiger partial charge in [0, 0.05) is 23.2 Å². The standard InChI is InChI=1S/C17H17N5S/c1-2-8-18-14(5-1)15-10-16(19-11-13-4-3-9-23-13)22-17(21-15)20-12-6-7-12/h1-5,8-10,12H,6-7,11H2,(H2,19,20,21,22). The Bertz CT molecular complexity index is 769. The van der Waals surface area contributed by atoms with Crippen LogP contribution in [-0.2, 0) is 6.54 Å². The van der Waals surface area contributed by atoms with Gasteiger partial charge in [-0.25, -0.2) is 4.98 Å². The molecule has 0 bridgehead atoms. The van der Waals surface area contributed by atoms with E-state index in [0.29, 0.717) is 12.0 Å². The molecule has 2 N–H and O–H groups in total. The van der Waals surface area contributed by atoms with Crippen LogP contribution in [0, 0.1) is 0 Å². The summed E-state index contributed by atoms with van der Waals surface area (Å²) in [4.78, 5) is 14.9. The molecule has 0 unspecified atom stereocenters. The molecule has 1 fully saturated rings. The highest BCUT2D eigenvalue weighted by Gasteiger charge is 2.22. The lowest BCUT2D eigenvalue weighted by Crippen LogP contribution is -2.09. The van der Waals surface area contributed by atoms with Crippen LogP contribution in [0.4, 0.5) is 11.8 Å². The van der Waals surface area contributed by atoms with Crippen molar-refractivity contribution in [3.63, 3.8) is 0 Å². The Balaban J connectivity index is 1.61. The summed E-state index contributed by atoms with van der Waals surface area (Å²) in [5.41, 5.74) is 1.69. The SMILES string of the molecule is c1ccc(-c2cc(NCc3cccs3)nc(NC3CC3)n2)nc1. The number of pyridine rings is 1. The average Bonchev–Trinajstić information content (AvgIpc) is 3.25. The molecule has 1 aliphatic carbocycles. The van der Waals surface area contributed by atoms with Crippen LogP contribution in [0.25, 0.3) is 11.4 Å². The van der Waals surface area contributed by atoms with Crippen LogP contribution in [0.1, 0.15) is 17.7 Å². The van der Waals surface area contributed by atoms with Gasteiger partial charge in [0.25, 0.3) is 0 Å². The second-order valence-electron chi connectivity index (χ2n) is 5.53.